The van der Waals surface area contributed by atoms with Gasteiger partial charge in [0, 0.05) is 43.6 Å². The zero-order valence-electron chi connectivity index (χ0n) is 17.6. The molecule has 0 spiro atoms. The predicted octanol–water partition coefficient (Wildman–Crippen LogP) is 1.58. The van der Waals surface area contributed by atoms with Gasteiger partial charge in [-0.05, 0) is 17.7 Å². The molecule has 0 aromatic carbocycles. The standard InChI is InChI=1S/C20H21N6O6P/c1-25-11-15(10-23-25)12-30-19-5-4-14(9-22-19)7-16-8-18(32-24-16)17-3-2-6-26(20(17)21)13-31-33(27,28)29/h2-6,8-11,21H,7,12-13H2,1H3,(H2,27,28,29)/p+1. The van der Waals surface area contributed by atoms with Crippen molar-refractivity contribution in [2.75, 3.05) is 5.73 Å². The van der Waals surface area contributed by atoms with Crippen LogP contribution in [0, 0.1) is 0 Å². The maximum Gasteiger partial charge on any atom is 0.472 e. The molecule has 4 heterocycles. The third-order valence-corrected chi connectivity index (χ3v) is 5.08. The normalized spacial score (nSPS) is 11.6. The lowest BCUT2D eigenvalue weighted by Crippen LogP contribution is -2.38. The monoisotopic (exact) mass is 473 g/mol. The maximum absolute atomic E-state index is 10.9. The highest BCUT2D eigenvalue weighted by Crippen LogP contribution is 2.35. The molecule has 0 saturated carbocycles. The van der Waals surface area contributed by atoms with Crippen LogP contribution in [0.2, 0.25) is 0 Å². The van der Waals surface area contributed by atoms with E-state index in [1.54, 1.807) is 41.3 Å². The lowest BCUT2D eigenvalue weighted by atomic mass is 10.1. The summed E-state index contributed by atoms with van der Waals surface area (Å²) in [5.74, 6) is 1.13. The number of phosphoric acid groups is 1. The van der Waals surface area contributed by atoms with Crippen LogP contribution in [0.4, 0.5) is 5.82 Å². The predicted molar refractivity (Wildman–Crippen MR) is 114 cm³/mol. The molecule has 172 valence electrons. The van der Waals surface area contributed by atoms with Crippen molar-refractivity contribution in [3.63, 3.8) is 0 Å². The Hall–Kier alpha value is -3.57. The summed E-state index contributed by atoms with van der Waals surface area (Å²) in [7, 11) is -2.78. The minimum absolute atomic E-state index is 0.213. The minimum atomic E-state index is -4.63. The van der Waals surface area contributed by atoms with Gasteiger partial charge in [-0.15, -0.1) is 0 Å². The van der Waals surface area contributed by atoms with Gasteiger partial charge in [0.05, 0.1) is 18.1 Å². The van der Waals surface area contributed by atoms with Gasteiger partial charge in [0.15, 0.2) is 5.76 Å². The van der Waals surface area contributed by atoms with Crippen molar-refractivity contribution in [3.8, 4) is 17.2 Å². The number of nitrogens with two attached hydrogens (primary N) is 1. The summed E-state index contributed by atoms with van der Waals surface area (Å²) in [6, 6.07) is 8.79. The third kappa shape index (κ3) is 6.02. The zero-order chi connectivity index (χ0) is 23.4. The Bertz CT molecular complexity index is 1280. The second-order valence-corrected chi connectivity index (χ2v) is 8.44. The number of aromatic nitrogens is 5. The van der Waals surface area contributed by atoms with Gasteiger partial charge >= 0.3 is 7.82 Å². The van der Waals surface area contributed by atoms with Crippen molar-refractivity contribution < 1.29 is 32.7 Å². The van der Waals surface area contributed by atoms with E-state index >= 15 is 0 Å². The molecule has 0 aliphatic rings. The molecule has 12 nitrogen and oxygen atoms in total. The van der Waals surface area contributed by atoms with Crippen LogP contribution >= 0.6 is 7.82 Å². The highest BCUT2D eigenvalue weighted by Gasteiger charge is 2.20. The van der Waals surface area contributed by atoms with Crippen molar-refractivity contribution in [2.45, 2.75) is 19.8 Å². The number of pyridine rings is 2. The molecule has 4 N–H and O–H groups in total. The number of rotatable bonds is 9. The summed E-state index contributed by atoms with van der Waals surface area (Å²) in [4.78, 5) is 22.1. The molecule has 0 radical (unpaired) electrons. The van der Waals surface area contributed by atoms with Crippen molar-refractivity contribution >= 4 is 13.6 Å². The van der Waals surface area contributed by atoms with E-state index in [-0.39, 0.29) is 5.82 Å². The fraction of sp³-hybridized carbons (Fsp3) is 0.200. The second kappa shape index (κ2) is 9.51. The van der Waals surface area contributed by atoms with Crippen LogP contribution in [-0.2, 0) is 35.9 Å². The molecular formula is C20H22N6O6P+. The van der Waals surface area contributed by atoms with E-state index in [1.165, 1.54) is 10.8 Å². The summed E-state index contributed by atoms with van der Waals surface area (Å²) in [5.41, 5.74) is 9.15. The van der Waals surface area contributed by atoms with E-state index in [2.05, 4.69) is 19.8 Å². The Kier molecular flexibility index (Phi) is 6.52. The maximum atomic E-state index is 10.9. The van der Waals surface area contributed by atoms with Crippen LogP contribution in [0.15, 0.2) is 59.6 Å². The first kappa shape index (κ1) is 22.6. The van der Waals surface area contributed by atoms with Gasteiger partial charge in [0.1, 0.15) is 12.2 Å². The Morgan fingerprint density at radius 1 is 1.24 bits per heavy atom. The van der Waals surface area contributed by atoms with Gasteiger partial charge in [-0.2, -0.15) is 5.10 Å². The van der Waals surface area contributed by atoms with Crippen LogP contribution in [0.5, 0.6) is 5.88 Å². The molecule has 0 amide bonds. The van der Waals surface area contributed by atoms with Crippen molar-refractivity contribution in [2.24, 2.45) is 7.05 Å². The number of nitrogen functional groups attached to an aromatic ring is 1. The average Bonchev–Trinajstić information content (AvgIpc) is 3.41. The van der Waals surface area contributed by atoms with Crippen LogP contribution < -0.4 is 15.0 Å². The van der Waals surface area contributed by atoms with Gasteiger partial charge in [0.2, 0.25) is 12.6 Å². The highest BCUT2D eigenvalue weighted by atomic mass is 31.2. The third-order valence-electron chi connectivity index (χ3n) is 4.63. The minimum Gasteiger partial charge on any atom is -0.473 e. The zero-order valence-corrected chi connectivity index (χ0v) is 18.5. The average molecular weight is 473 g/mol. The van der Waals surface area contributed by atoms with Gasteiger partial charge in [-0.25, -0.2) is 18.6 Å². The quantitative estimate of drug-likeness (QED) is 0.240. The molecule has 0 fully saturated rings. The molecule has 4 aromatic rings. The van der Waals surface area contributed by atoms with Crippen LogP contribution in [-0.4, -0.2) is 29.7 Å². The van der Waals surface area contributed by atoms with Crippen molar-refractivity contribution in [1.82, 2.24) is 19.9 Å². The number of hydrogen-bond donors (Lipinski definition) is 3. The fourth-order valence-corrected chi connectivity index (χ4v) is 3.33. The van der Waals surface area contributed by atoms with Crippen LogP contribution in [0.3, 0.4) is 0 Å². The fourth-order valence-electron chi connectivity index (χ4n) is 3.06. The first-order valence-corrected chi connectivity index (χ1v) is 11.3. The number of ether oxygens (including phenoxy) is 1. The Balaban J connectivity index is 1.40. The summed E-state index contributed by atoms with van der Waals surface area (Å²) in [5, 5.41) is 8.18. The molecule has 0 aliphatic carbocycles. The number of aryl methyl sites for hydroxylation is 1. The Morgan fingerprint density at radius 3 is 2.79 bits per heavy atom. The first-order chi connectivity index (χ1) is 15.8. The largest absolute Gasteiger partial charge is 0.473 e. The first-order valence-electron chi connectivity index (χ1n) is 9.76. The summed E-state index contributed by atoms with van der Waals surface area (Å²) in [6.07, 6.45) is 7.34. The molecule has 33 heavy (non-hydrogen) atoms. The highest BCUT2D eigenvalue weighted by molar-refractivity contribution is 7.46. The molecule has 0 aliphatic heterocycles. The molecular weight excluding hydrogens is 451 g/mol. The number of phosphoric ester groups is 1. The molecule has 0 unspecified atom stereocenters. The van der Waals surface area contributed by atoms with Crippen molar-refractivity contribution in [1.29, 1.82) is 0 Å². The molecule has 13 heteroatoms. The number of nitrogens with zero attached hydrogens (tertiary/aromatic N) is 5. The topological polar surface area (TPSA) is 163 Å². The SMILES string of the molecule is Cn1cc(COc2ccc(Cc3cc(-c4ccc[n+](COP(=O)(O)O)c4N)on3)cn2)cn1. The number of anilines is 1. The van der Waals surface area contributed by atoms with E-state index in [0.717, 1.165) is 11.1 Å². The van der Waals surface area contributed by atoms with Gasteiger partial charge in [-0.3, -0.25) is 10.4 Å². The smallest absolute Gasteiger partial charge is 0.472 e. The lowest BCUT2D eigenvalue weighted by molar-refractivity contribution is -0.711. The van der Waals surface area contributed by atoms with Crippen molar-refractivity contribution in [3.05, 3.63) is 71.9 Å². The summed E-state index contributed by atoms with van der Waals surface area (Å²) in [6.45, 7) is -0.0314. The molecule has 0 saturated heterocycles. The summed E-state index contributed by atoms with van der Waals surface area (Å²) < 4.78 is 29.6. The Morgan fingerprint density at radius 2 is 2.09 bits per heavy atom. The van der Waals surface area contributed by atoms with Crippen LogP contribution in [0.25, 0.3) is 11.3 Å². The van der Waals surface area contributed by atoms with E-state index in [9.17, 15) is 4.57 Å². The van der Waals surface area contributed by atoms with Gasteiger partial charge in [-0.1, -0.05) is 11.2 Å². The van der Waals surface area contributed by atoms with Gasteiger partial charge in [0.25, 0.3) is 5.82 Å². The number of hydrogen-bond acceptors (Lipinski definition) is 8. The van der Waals surface area contributed by atoms with Gasteiger partial charge < -0.3 is 19.0 Å². The van der Waals surface area contributed by atoms with E-state index in [1.807, 2.05) is 19.3 Å². The Labute approximate surface area is 188 Å². The molecule has 0 atom stereocenters. The summed E-state index contributed by atoms with van der Waals surface area (Å²) >= 11 is 0. The van der Waals surface area contributed by atoms with Crippen LogP contribution in [0.1, 0.15) is 16.8 Å². The van der Waals surface area contributed by atoms with E-state index < -0.39 is 14.6 Å². The molecule has 0 bridgehead atoms. The van der Waals surface area contributed by atoms with E-state index in [0.29, 0.717) is 35.9 Å². The van der Waals surface area contributed by atoms with E-state index in [4.69, 9.17) is 24.8 Å². The second-order valence-electron chi connectivity index (χ2n) is 7.20. The molecule has 4 rings (SSSR count). The lowest BCUT2D eigenvalue weighted by Gasteiger charge is -2.07. The molecule has 4 aromatic heterocycles.